The Balaban J connectivity index is 1.82. The summed E-state index contributed by atoms with van der Waals surface area (Å²) < 4.78 is 0. The van der Waals surface area contributed by atoms with Gasteiger partial charge in [-0.15, -0.1) is 6.58 Å². The Kier molecular flexibility index (Phi) is 5.65. The zero-order chi connectivity index (χ0) is 23.2. The van der Waals surface area contributed by atoms with Crippen molar-refractivity contribution in [2.24, 2.45) is 0 Å². The molecule has 2 fully saturated rings. The minimum absolute atomic E-state index is 0.00708. The summed E-state index contributed by atoms with van der Waals surface area (Å²) in [4.78, 5) is 31.1. The topological polar surface area (TPSA) is 85.4 Å². The van der Waals surface area contributed by atoms with Gasteiger partial charge in [-0.05, 0) is 50.8 Å². The van der Waals surface area contributed by atoms with Crippen molar-refractivity contribution >= 4 is 22.7 Å². The fourth-order valence-corrected chi connectivity index (χ4v) is 4.92. The van der Waals surface area contributed by atoms with E-state index in [-0.39, 0.29) is 29.0 Å². The van der Waals surface area contributed by atoms with Gasteiger partial charge < -0.3 is 20.3 Å². The van der Waals surface area contributed by atoms with Crippen molar-refractivity contribution in [1.82, 2.24) is 15.2 Å². The maximum absolute atomic E-state index is 13.2. The van der Waals surface area contributed by atoms with E-state index >= 15 is 0 Å². The minimum Gasteiger partial charge on any atom is -0.508 e. The SMILES string of the molecule is C=CC(C)(C)c1[nH]c2c(CC=C(C)C)c(O)ccc2c1CC1NC(=O)C2CCCN2C1=O. The number of aromatic hydroxyl groups is 1. The third kappa shape index (κ3) is 3.72. The molecular weight excluding hydrogens is 402 g/mol. The highest BCUT2D eigenvalue weighted by molar-refractivity contribution is 5.98. The molecule has 3 heterocycles. The number of aromatic nitrogens is 1. The van der Waals surface area contributed by atoms with Gasteiger partial charge in [-0.25, -0.2) is 0 Å². The van der Waals surface area contributed by atoms with Crippen LogP contribution in [0.1, 0.15) is 57.4 Å². The summed E-state index contributed by atoms with van der Waals surface area (Å²) >= 11 is 0. The number of piperazine rings is 1. The molecule has 4 rings (SSSR count). The number of H-pyrrole nitrogens is 1. The summed E-state index contributed by atoms with van der Waals surface area (Å²) in [5, 5.41) is 14.5. The maximum Gasteiger partial charge on any atom is 0.246 e. The summed E-state index contributed by atoms with van der Waals surface area (Å²) in [7, 11) is 0. The quantitative estimate of drug-likeness (QED) is 0.602. The molecule has 2 amide bonds. The van der Waals surface area contributed by atoms with E-state index in [0.717, 1.165) is 40.6 Å². The van der Waals surface area contributed by atoms with Crippen LogP contribution >= 0.6 is 0 Å². The molecule has 0 bridgehead atoms. The number of phenolic OH excluding ortho intramolecular Hbond substituents is 1. The molecule has 2 atom stereocenters. The average molecular weight is 436 g/mol. The molecule has 2 aliphatic rings. The molecule has 32 heavy (non-hydrogen) atoms. The fraction of sp³-hybridized carbons (Fsp3) is 0.462. The molecule has 2 unspecified atom stereocenters. The molecule has 6 heteroatoms. The second-order valence-corrected chi connectivity index (χ2v) is 9.83. The largest absolute Gasteiger partial charge is 0.508 e. The third-order valence-electron chi connectivity index (χ3n) is 6.90. The summed E-state index contributed by atoms with van der Waals surface area (Å²) in [6.45, 7) is 12.9. The monoisotopic (exact) mass is 435 g/mol. The summed E-state index contributed by atoms with van der Waals surface area (Å²) in [5.74, 6) is 0.179. The summed E-state index contributed by atoms with van der Waals surface area (Å²) in [5.41, 5.74) is 4.44. The number of allylic oxidation sites excluding steroid dienone is 3. The minimum atomic E-state index is -0.592. The van der Waals surface area contributed by atoms with E-state index in [4.69, 9.17) is 0 Å². The van der Waals surface area contributed by atoms with E-state index in [2.05, 4.69) is 36.8 Å². The molecule has 3 N–H and O–H groups in total. The molecule has 6 nitrogen and oxygen atoms in total. The van der Waals surface area contributed by atoms with Crippen molar-refractivity contribution < 1.29 is 14.7 Å². The lowest BCUT2D eigenvalue weighted by Gasteiger charge is -2.35. The van der Waals surface area contributed by atoms with Gasteiger partial charge in [-0.3, -0.25) is 9.59 Å². The lowest BCUT2D eigenvalue weighted by atomic mass is 9.84. The Bertz CT molecular complexity index is 1120. The highest BCUT2D eigenvalue weighted by Gasteiger charge is 2.43. The first-order valence-corrected chi connectivity index (χ1v) is 11.4. The normalized spacial score (nSPS) is 20.9. The van der Waals surface area contributed by atoms with E-state index < -0.39 is 6.04 Å². The van der Waals surface area contributed by atoms with Gasteiger partial charge in [0.2, 0.25) is 11.8 Å². The van der Waals surface area contributed by atoms with Crippen molar-refractivity contribution in [3.63, 3.8) is 0 Å². The van der Waals surface area contributed by atoms with Gasteiger partial charge in [0.15, 0.2) is 0 Å². The molecule has 0 spiro atoms. The van der Waals surface area contributed by atoms with Gasteiger partial charge in [0.05, 0.1) is 5.52 Å². The highest BCUT2D eigenvalue weighted by atomic mass is 16.3. The van der Waals surface area contributed by atoms with Gasteiger partial charge in [0.25, 0.3) is 0 Å². The fourth-order valence-electron chi connectivity index (χ4n) is 4.92. The second-order valence-electron chi connectivity index (χ2n) is 9.83. The van der Waals surface area contributed by atoms with Crippen LogP contribution in [-0.4, -0.2) is 45.4 Å². The van der Waals surface area contributed by atoms with Crippen LogP contribution in [0.25, 0.3) is 10.9 Å². The van der Waals surface area contributed by atoms with Crippen molar-refractivity contribution in [3.8, 4) is 5.75 Å². The molecule has 170 valence electrons. The van der Waals surface area contributed by atoms with Crippen LogP contribution in [0.3, 0.4) is 0 Å². The Labute approximate surface area is 189 Å². The molecule has 2 aliphatic heterocycles. The van der Waals surface area contributed by atoms with Crippen LogP contribution in [0.15, 0.2) is 36.4 Å². The van der Waals surface area contributed by atoms with E-state index in [0.29, 0.717) is 19.4 Å². The van der Waals surface area contributed by atoms with Crippen LogP contribution in [0.2, 0.25) is 0 Å². The number of phenols is 1. The number of aromatic amines is 1. The zero-order valence-corrected chi connectivity index (χ0v) is 19.4. The van der Waals surface area contributed by atoms with Crippen LogP contribution < -0.4 is 5.32 Å². The second kappa shape index (κ2) is 8.15. The Morgan fingerprint density at radius 2 is 2.03 bits per heavy atom. The van der Waals surface area contributed by atoms with Gasteiger partial charge in [0, 0.05) is 35.0 Å². The van der Waals surface area contributed by atoms with Crippen LogP contribution in [0.5, 0.6) is 5.75 Å². The number of hydrogen-bond acceptors (Lipinski definition) is 3. The summed E-state index contributed by atoms with van der Waals surface area (Å²) in [6.07, 6.45) is 6.58. The lowest BCUT2D eigenvalue weighted by molar-refractivity contribution is -0.146. The van der Waals surface area contributed by atoms with E-state index in [9.17, 15) is 14.7 Å². The first-order chi connectivity index (χ1) is 15.1. The zero-order valence-electron chi connectivity index (χ0n) is 19.4. The number of fused-ring (bicyclic) bond motifs is 2. The van der Waals surface area contributed by atoms with Crippen LogP contribution in [-0.2, 0) is 27.8 Å². The van der Waals surface area contributed by atoms with E-state index in [1.165, 1.54) is 5.57 Å². The molecule has 2 aromatic rings. The molecule has 1 aromatic carbocycles. The smallest absolute Gasteiger partial charge is 0.246 e. The Morgan fingerprint density at radius 3 is 2.72 bits per heavy atom. The molecule has 0 saturated carbocycles. The first-order valence-electron chi connectivity index (χ1n) is 11.4. The average Bonchev–Trinajstić information content (AvgIpc) is 3.37. The van der Waals surface area contributed by atoms with E-state index in [1.807, 2.05) is 26.0 Å². The number of carbonyl (C=O) groups is 2. The highest BCUT2D eigenvalue weighted by Crippen LogP contribution is 2.38. The standard InChI is InChI=1S/C26H33N3O3/c1-6-26(4,5)23-18(14-19-25(32)29-13-7-8-20(29)24(31)27-19)16-11-12-21(30)17(22(16)28-23)10-9-15(2)3/h6,9,11-12,19-20,28,30H,1,7-8,10,13-14H2,2-5H3,(H,27,31). The Hall–Kier alpha value is -3.02. The number of rotatable bonds is 6. The number of hydrogen-bond donors (Lipinski definition) is 3. The van der Waals surface area contributed by atoms with Crippen LogP contribution in [0, 0.1) is 0 Å². The molecule has 2 saturated heterocycles. The number of carbonyl (C=O) groups excluding carboxylic acids is 2. The van der Waals surface area contributed by atoms with Crippen LogP contribution in [0.4, 0.5) is 0 Å². The Morgan fingerprint density at radius 1 is 1.28 bits per heavy atom. The third-order valence-corrected chi connectivity index (χ3v) is 6.90. The van der Waals surface area contributed by atoms with Crippen molar-refractivity contribution in [2.45, 2.75) is 70.9 Å². The number of nitrogens with zero attached hydrogens (tertiary/aromatic N) is 1. The van der Waals surface area contributed by atoms with Gasteiger partial charge >= 0.3 is 0 Å². The van der Waals surface area contributed by atoms with Crippen molar-refractivity contribution in [3.05, 3.63) is 53.3 Å². The molecule has 0 radical (unpaired) electrons. The predicted octanol–water partition coefficient (Wildman–Crippen LogP) is 3.88. The van der Waals surface area contributed by atoms with Gasteiger partial charge in [0.1, 0.15) is 17.8 Å². The molecular formula is C26H33N3O3. The maximum atomic E-state index is 13.2. The number of amides is 2. The number of benzene rings is 1. The first kappa shape index (κ1) is 22.2. The number of nitrogens with one attached hydrogen (secondary N) is 2. The van der Waals surface area contributed by atoms with Crippen molar-refractivity contribution in [1.29, 1.82) is 0 Å². The van der Waals surface area contributed by atoms with Gasteiger partial charge in [-0.1, -0.05) is 31.6 Å². The summed E-state index contributed by atoms with van der Waals surface area (Å²) in [6, 6.07) is 2.71. The lowest BCUT2D eigenvalue weighted by Crippen LogP contribution is -2.61. The predicted molar refractivity (Wildman–Crippen MR) is 127 cm³/mol. The van der Waals surface area contributed by atoms with Crippen molar-refractivity contribution in [2.75, 3.05) is 6.54 Å². The van der Waals surface area contributed by atoms with Gasteiger partial charge in [-0.2, -0.15) is 0 Å². The van der Waals surface area contributed by atoms with E-state index in [1.54, 1.807) is 11.0 Å². The molecule has 0 aliphatic carbocycles. The molecule has 1 aromatic heterocycles.